The molecule has 6 fully saturated rings. The Labute approximate surface area is 323 Å². The molecular weight excluding hydrogens is 716 g/mol. The molecule has 7 rings (SSSR count). The molecule has 5 aliphatic carbocycles. The molecule has 14 nitrogen and oxygen atoms in total. The van der Waals surface area contributed by atoms with Crippen molar-refractivity contribution in [1.29, 1.82) is 0 Å². The highest BCUT2D eigenvalue weighted by Gasteiger charge is 2.69. The second-order valence-electron chi connectivity index (χ2n) is 19.6. The fourth-order valence-electron chi connectivity index (χ4n) is 12.9. The molecule has 14 heteroatoms. The number of carboxylic acid groups (broad SMARTS) is 1. The van der Waals surface area contributed by atoms with E-state index in [0.717, 1.165) is 38.5 Å². The van der Waals surface area contributed by atoms with Gasteiger partial charge >= 0.3 is 5.97 Å². The van der Waals surface area contributed by atoms with Gasteiger partial charge in [0, 0.05) is 0 Å². The average Bonchev–Trinajstić information content (AvgIpc) is 3.12. The number of carboxylic acids is 1. The van der Waals surface area contributed by atoms with Crippen LogP contribution in [0.2, 0.25) is 0 Å². The van der Waals surface area contributed by atoms with Crippen LogP contribution in [0.4, 0.5) is 0 Å². The van der Waals surface area contributed by atoms with Crippen LogP contribution in [0, 0.1) is 44.8 Å². The number of ether oxygens (including phenoxy) is 4. The van der Waals surface area contributed by atoms with Crippen LogP contribution in [0.3, 0.4) is 0 Å². The van der Waals surface area contributed by atoms with Crippen LogP contribution in [0.5, 0.6) is 0 Å². The number of hydrogen-bond acceptors (Lipinski definition) is 13. The predicted octanol–water partition coefficient (Wildman–Crippen LogP) is 1.38. The largest absolute Gasteiger partial charge is 0.481 e. The molecule has 19 atom stereocenters. The van der Waals surface area contributed by atoms with E-state index >= 15 is 0 Å². The normalized spacial score (nSPS) is 53.6. The first-order chi connectivity index (χ1) is 25.7. The third-order valence-corrected chi connectivity index (χ3v) is 16.4. The summed E-state index contributed by atoms with van der Waals surface area (Å²) in [5.74, 6) is -0.624. The van der Waals surface area contributed by atoms with Gasteiger partial charge in [0.2, 0.25) is 0 Å². The molecule has 55 heavy (non-hydrogen) atoms. The molecule has 312 valence electrons. The summed E-state index contributed by atoms with van der Waals surface area (Å²) < 4.78 is 23.7. The molecule has 0 bridgehead atoms. The van der Waals surface area contributed by atoms with Crippen molar-refractivity contribution >= 4 is 5.97 Å². The van der Waals surface area contributed by atoms with Gasteiger partial charge in [-0.15, -0.1) is 0 Å². The van der Waals surface area contributed by atoms with Gasteiger partial charge in [0.25, 0.3) is 0 Å². The van der Waals surface area contributed by atoms with E-state index in [-0.39, 0.29) is 34.0 Å². The highest BCUT2D eigenvalue weighted by atomic mass is 16.8. The third-order valence-electron chi connectivity index (χ3n) is 16.4. The van der Waals surface area contributed by atoms with Gasteiger partial charge < -0.3 is 64.9 Å². The Kier molecular flexibility index (Phi) is 10.8. The SMILES string of the molecule is C=C1C(OC2OC(CO)C(O)C(O)C2OC2OC(CO)C(O)C(O)C2O)C(O)CC2(C)C1CCC1(C)C2CC=C2C3CC(C)(C)CCC3(C(=O)O)CCC21C. The Hall–Kier alpha value is -1.53. The summed E-state index contributed by atoms with van der Waals surface area (Å²) in [5.41, 5.74) is 0.471. The summed E-state index contributed by atoms with van der Waals surface area (Å²) >= 11 is 0. The Bertz CT molecular complexity index is 1520. The minimum Gasteiger partial charge on any atom is -0.481 e. The minimum absolute atomic E-state index is 0.0225. The molecule has 0 aromatic heterocycles. The molecular formula is C41H64O14. The Morgan fingerprint density at radius 1 is 0.782 bits per heavy atom. The molecule has 0 radical (unpaired) electrons. The third kappa shape index (κ3) is 6.23. The van der Waals surface area contributed by atoms with Gasteiger partial charge in [-0.05, 0) is 103 Å². The van der Waals surface area contributed by atoms with Crippen molar-refractivity contribution in [2.75, 3.05) is 13.2 Å². The lowest BCUT2D eigenvalue weighted by atomic mass is 9.34. The van der Waals surface area contributed by atoms with Crippen LogP contribution in [0.25, 0.3) is 0 Å². The molecule has 0 aromatic rings. The fraction of sp³-hybridized carbons (Fsp3) is 0.878. The van der Waals surface area contributed by atoms with Crippen LogP contribution in [0.1, 0.15) is 92.4 Å². The molecule has 2 heterocycles. The maximum Gasteiger partial charge on any atom is 0.310 e. The summed E-state index contributed by atoms with van der Waals surface area (Å²) in [7, 11) is 0. The Balaban J connectivity index is 1.15. The van der Waals surface area contributed by atoms with Crippen molar-refractivity contribution in [1.82, 2.24) is 0 Å². The second kappa shape index (κ2) is 14.3. The number of hydrogen-bond donors (Lipinski definition) is 9. The average molecular weight is 781 g/mol. The van der Waals surface area contributed by atoms with E-state index in [9.17, 15) is 50.8 Å². The predicted molar refractivity (Wildman–Crippen MR) is 195 cm³/mol. The first-order valence-corrected chi connectivity index (χ1v) is 20.2. The summed E-state index contributed by atoms with van der Waals surface area (Å²) in [5, 5.41) is 95.7. The first kappa shape index (κ1) is 41.6. The summed E-state index contributed by atoms with van der Waals surface area (Å²) in [4.78, 5) is 13.0. The van der Waals surface area contributed by atoms with Crippen molar-refractivity contribution in [3.63, 3.8) is 0 Å². The van der Waals surface area contributed by atoms with E-state index in [0.29, 0.717) is 24.8 Å². The molecule has 2 aliphatic heterocycles. The van der Waals surface area contributed by atoms with Crippen LogP contribution in [-0.2, 0) is 23.7 Å². The smallest absolute Gasteiger partial charge is 0.310 e. The molecule has 9 N–H and O–H groups in total. The van der Waals surface area contributed by atoms with E-state index in [1.807, 2.05) is 0 Å². The second-order valence-corrected chi connectivity index (χ2v) is 19.6. The summed E-state index contributed by atoms with van der Waals surface area (Å²) in [6.07, 6.45) is -9.10. The van der Waals surface area contributed by atoms with E-state index in [1.165, 1.54) is 5.57 Å². The molecule has 0 aromatic carbocycles. The van der Waals surface area contributed by atoms with Crippen LogP contribution >= 0.6 is 0 Å². The lowest BCUT2D eigenvalue weighted by molar-refractivity contribution is -0.373. The number of carbonyl (C=O) groups is 1. The van der Waals surface area contributed by atoms with Gasteiger partial charge in [0.1, 0.15) is 54.9 Å². The van der Waals surface area contributed by atoms with Gasteiger partial charge in [-0.3, -0.25) is 4.79 Å². The number of allylic oxidation sites excluding steroid dienone is 2. The zero-order valence-corrected chi connectivity index (χ0v) is 32.8. The molecule has 19 unspecified atom stereocenters. The standard InChI is InChI=1S/C41H64O14/c1-19-20-9-10-40(6)26(8-7-21-22-15-37(2,3)11-13-41(22,36(50)51)14-12-39(21,40)5)38(20,4)16-23(44)32(19)54-35-33(30(48)28(46)25(18-43)53-35)55-34-31(49)29(47)27(45)24(17-42)52-34/h7,20,22-35,42-49H,1,8-18H2,2-6H3,(H,50,51). The maximum absolute atomic E-state index is 13.0. The quantitative estimate of drug-likeness (QED) is 0.131. The lowest BCUT2D eigenvalue weighted by Crippen LogP contribution is -2.66. The van der Waals surface area contributed by atoms with E-state index in [4.69, 9.17) is 18.9 Å². The van der Waals surface area contributed by atoms with E-state index in [1.54, 1.807) is 0 Å². The number of aliphatic hydroxyl groups excluding tert-OH is 8. The van der Waals surface area contributed by atoms with Crippen LogP contribution in [-0.4, -0.2) is 139 Å². The van der Waals surface area contributed by atoms with E-state index < -0.39 is 104 Å². The fourth-order valence-corrected chi connectivity index (χ4v) is 12.9. The molecule has 7 aliphatic rings. The topological polar surface area (TPSA) is 236 Å². The monoisotopic (exact) mass is 780 g/mol. The Morgan fingerprint density at radius 2 is 1.40 bits per heavy atom. The Morgan fingerprint density at radius 3 is 2.04 bits per heavy atom. The van der Waals surface area contributed by atoms with Crippen molar-refractivity contribution in [3.8, 4) is 0 Å². The number of aliphatic carboxylic acids is 1. The van der Waals surface area contributed by atoms with Crippen molar-refractivity contribution in [2.24, 2.45) is 44.8 Å². The molecule has 2 saturated heterocycles. The summed E-state index contributed by atoms with van der Waals surface area (Å²) in [6, 6.07) is 0. The van der Waals surface area contributed by atoms with Gasteiger partial charge in [0.15, 0.2) is 12.6 Å². The zero-order valence-electron chi connectivity index (χ0n) is 32.8. The molecule has 4 saturated carbocycles. The number of fused-ring (bicyclic) bond motifs is 7. The lowest BCUT2D eigenvalue weighted by Gasteiger charge is -2.70. The van der Waals surface area contributed by atoms with Crippen molar-refractivity contribution in [2.45, 2.75) is 166 Å². The zero-order chi connectivity index (χ0) is 40.2. The molecule has 0 amide bonds. The van der Waals surface area contributed by atoms with Gasteiger partial charge in [-0.1, -0.05) is 52.8 Å². The minimum atomic E-state index is -1.81. The summed E-state index contributed by atoms with van der Waals surface area (Å²) in [6.45, 7) is 14.6. The van der Waals surface area contributed by atoms with Crippen LogP contribution < -0.4 is 0 Å². The van der Waals surface area contributed by atoms with Crippen LogP contribution in [0.15, 0.2) is 23.8 Å². The van der Waals surface area contributed by atoms with Gasteiger partial charge in [-0.25, -0.2) is 0 Å². The van der Waals surface area contributed by atoms with Crippen molar-refractivity contribution < 1.29 is 69.7 Å². The highest BCUT2D eigenvalue weighted by Crippen LogP contribution is 2.75. The van der Waals surface area contributed by atoms with Gasteiger partial charge in [-0.2, -0.15) is 0 Å². The van der Waals surface area contributed by atoms with E-state index in [2.05, 4.69) is 47.3 Å². The van der Waals surface area contributed by atoms with Crippen molar-refractivity contribution in [3.05, 3.63) is 23.8 Å². The number of rotatable bonds is 7. The van der Waals surface area contributed by atoms with Gasteiger partial charge in [0.05, 0.1) is 24.7 Å². The first-order valence-electron chi connectivity index (χ1n) is 20.2. The maximum atomic E-state index is 13.0. The molecule has 0 spiro atoms. The highest BCUT2D eigenvalue weighted by molar-refractivity contribution is 5.76. The number of aliphatic hydroxyl groups is 8.